The van der Waals surface area contributed by atoms with Crippen molar-refractivity contribution in [1.82, 2.24) is 10.2 Å². The quantitative estimate of drug-likeness (QED) is 0.402. The Hall–Kier alpha value is -2.94. The van der Waals surface area contributed by atoms with Gasteiger partial charge in [0.05, 0.1) is 24.5 Å². The van der Waals surface area contributed by atoms with Crippen LogP contribution in [0.3, 0.4) is 0 Å². The van der Waals surface area contributed by atoms with Gasteiger partial charge in [-0.1, -0.05) is 32.0 Å². The summed E-state index contributed by atoms with van der Waals surface area (Å²) in [7, 11) is 1.24. The third-order valence-corrected chi connectivity index (χ3v) is 5.31. The molecule has 2 N–H and O–H groups in total. The number of hydrogen-bond donors (Lipinski definition) is 2. The molecule has 0 aliphatic carbocycles. The van der Waals surface area contributed by atoms with Gasteiger partial charge in [0.1, 0.15) is 0 Å². The van der Waals surface area contributed by atoms with Crippen LogP contribution in [0.2, 0.25) is 0 Å². The highest BCUT2D eigenvalue weighted by molar-refractivity contribution is 5.93. The lowest BCUT2D eigenvalue weighted by Crippen LogP contribution is -2.50. The number of aromatic amines is 1. The zero-order chi connectivity index (χ0) is 23.0. The molecule has 1 aromatic heterocycles. The number of alkyl halides is 3. The van der Waals surface area contributed by atoms with Gasteiger partial charge in [0.15, 0.2) is 17.2 Å². The Morgan fingerprint density at radius 1 is 1.19 bits per heavy atom. The second-order valence-electron chi connectivity index (χ2n) is 8.12. The summed E-state index contributed by atoms with van der Waals surface area (Å²) >= 11 is 0. The van der Waals surface area contributed by atoms with Crippen LogP contribution in [0.1, 0.15) is 31.4 Å². The molecule has 1 unspecified atom stereocenters. The van der Waals surface area contributed by atoms with Crippen molar-refractivity contribution in [2.45, 2.75) is 44.4 Å². The van der Waals surface area contributed by atoms with Crippen molar-refractivity contribution in [1.29, 1.82) is 0 Å². The monoisotopic (exact) mass is 437 g/mol. The largest absolute Gasteiger partial charge is 0.493 e. The van der Waals surface area contributed by atoms with Gasteiger partial charge in [-0.15, -0.1) is 0 Å². The van der Waals surface area contributed by atoms with Crippen LogP contribution >= 0.6 is 0 Å². The number of hydrogen-bond acceptors (Lipinski definition) is 4. The smallest absolute Gasteiger partial charge is 0.422 e. The van der Waals surface area contributed by atoms with Crippen molar-refractivity contribution in [2.75, 3.05) is 7.11 Å². The molecule has 0 saturated heterocycles. The van der Waals surface area contributed by atoms with E-state index in [0.717, 1.165) is 6.07 Å². The molecular weight excluding hydrogens is 414 g/mol. The lowest BCUT2D eigenvalue weighted by molar-refractivity contribution is -0.234. The molecule has 1 atom stereocenters. The molecule has 0 saturated carbocycles. The fourth-order valence-electron chi connectivity index (χ4n) is 3.69. The van der Waals surface area contributed by atoms with E-state index in [9.17, 15) is 22.7 Å². The molecule has 0 bridgehead atoms. The van der Waals surface area contributed by atoms with Gasteiger partial charge in [-0.05, 0) is 36.5 Å². The number of aryl methyl sites for hydroxylation is 1. The van der Waals surface area contributed by atoms with E-state index >= 15 is 0 Å². The average molecular weight is 437 g/mol. The van der Waals surface area contributed by atoms with Crippen molar-refractivity contribution in [3.8, 4) is 5.75 Å². The van der Waals surface area contributed by atoms with Crippen molar-refractivity contribution >= 4 is 22.8 Å². The van der Waals surface area contributed by atoms with Gasteiger partial charge in [0.25, 0.3) is 0 Å². The van der Waals surface area contributed by atoms with E-state index in [2.05, 4.69) is 15.2 Å². The van der Waals surface area contributed by atoms with E-state index in [1.165, 1.54) is 39.3 Å². The Labute approximate surface area is 176 Å². The van der Waals surface area contributed by atoms with Crippen LogP contribution in [0.4, 0.5) is 23.2 Å². The number of fused-ring (bicyclic) bond motifs is 1. The fourth-order valence-corrected chi connectivity index (χ4v) is 3.69. The molecule has 0 radical (unpaired) electrons. The average Bonchev–Trinajstić information content (AvgIpc) is 3.14. The van der Waals surface area contributed by atoms with E-state index in [-0.39, 0.29) is 17.0 Å². The summed E-state index contributed by atoms with van der Waals surface area (Å²) in [6.07, 6.45) is -3.85. The molecule has 2 aromatic carbocycles. The van der Waals surface area contributed by atoms with E-state index in [1.54, 1.807) is 19.1 Å². The van der Waals surface area contributed by atoms with Crippen molar-refractivity contribution in [3.05, 3.63) is 53.5 Å². The number of nitrogens with one attached hydrogen (secondary N) is 1. The van der Waals surface area contributed by atoms with Crippen molar-refractivity contribution < 1.29 is 27.4 Å². The van der Waals surface area contributed by atoms with Gasteiger partial charge < -0.3 is 9.84 Å². The van der Waals surface area contributed by atoms with Crippen LogP contribution in [0.5, 0.6) is 5.75 Å². The van der Waals surface area contributed by atoms with Gasteiger partial charge in [0, 0.05) is 17.2 Å². The van der Waals surface area contributed by atoms with Crippen molar-refractivity contribution in [3.63, 3.8) is 0 Å². The minimum Gasteiger partial charge on any atom is -0.493 e. The lowest BCUT2D eigenvalue weighted by atomic mass is 9.74. The third kappa shape index (κ3) is 4.27. The van der Waals surface area contributed by atoms with Crippen LogP contribution in [-0.4, -0.2) is 40.4 Å². The number of aliphatic hydroxyl groups is 1. The molecule has 0 fully saturated rings. The fraction of sp³-hybridized carbons (Fsp3) is 0.364. The Bertz CT molecular complexity index is 1120. The van der Waals surface area contributed by atoms with E-state index in [0.29, 0.717) is 22.7 Å². The highest BCUT2D eigenvalue weighted by Gasteiger charge is 2.55. The van der Waals surface area contributed by atoms with E-state index < -0.39 is 29.4 Å². The number of benzene rings is 2. The number of aliphatic imine (C=N–C) groups is 1. The Morgan fingerprint density at radius 2 is 1.90 bits per heavy atom. The topological polar surface area (TPSA) is 70.5 Å². The summed E-state index contributed by atoms with van der Waals surface area (Å²) in [5.74, 6) is -0.854. The number of aromatic nitrogens is 2. The first-order valence-corrected chi connectivity index (χ1v) is 9.49. The predicted molar refractivity (Wildman–Crippen MR) is 111 cm³/mol. The van der Waals surface area contributed by atoms with Crippen molar-refractivity contribution in [2.24, 2.45) is 4.99 Å². The molecule has 1 heterocycles. The van der Waals surface area contributed by atoms with Crippen LogP contribution in [0, 0.1) is 12.7 Å². The number of halogens is 4. The second-order valence-corrected chi connectivity index (χ2v) is 8.12. The SMILES string of the molecule is COc1c(F)cccc1C(C)(C)CC(O)(C=Nc1c(C)ccc2[nH]ncc12)C(F)(F)F. The molecule has 9 heteroatoms. The van der Waals surface area contributed by atoms with Crippen LogP contribution in [0.25, 0.3) is 10.9 Å². The Balaban J connectivity index is 2.06. The molecule has 0 amide bonds. The minimum atomic E-state index is -5.02. The number of rotatable bonds is 6. The standard InChI is InChI=1S/C22H23F4N3O2/c1-13-8-9-17-14(10-28-29-17)18(13)27-12-21(30,22(24,25)26)11-20(2,3)15-6-5-7-16(23)19(15)31-4/h5-10,12,30H,11H2,1-4H3,(H,28,29). The summed E-state index contributed by atoms with van der Waals surface area (Å²) in [6.45, 7) is 4.67. The maximum Gasteiger partial charge on any atom is 0.422 e. The molecule has 31 heavy (non-hydrogen) atoms. The summed E-state index contributed by atoms with van der Waals surface area (Å²) in [4.78, 5) is 4.02. The first-order chi connectivity index (χ1) is 14.4. The molecule has 5 nitrogen and oxygen atoms in total. The molecule has 3 rings (SSSR count). The van der Waals surface area contributed by atoms with Crippen LogP contribution in [-0.2, 0) is 5.41 Å². The molecule has 0 aliphatic heterocycles. The van der Waals surface area contributed by atoms with Gasteiger partial charge in [-0.3, -0.25) is 10.1 Å². The Kier molecular flexibility index (Phi) is 5.84. The second kappa shape index (κ2) is 7.96. The maximum atomic E-state index is 14.1. The number of para-hydroxylation sites is 1. The molecular formula is C22H23F4N3O2. The van der Waals surface area contributed by atoms with Gasteiger partial charge in [0.2, 0.25) is 0 Å². The number of ether oxygens (including phenoxy) is 1. The van der Waals surface area contributed by atoms with Crippen LogP contribution in [0.15, 0.2) is 41.5 Å². The third-order valence-electron chi connectivity index (χ3n) is 5.31. The molecule has 0 spiro atoms. The predicted octanol–water partition coefficient (Wildman–Crippen LogP) is 5.38. The van der Waals surface area contributed by atoms with Gasteiger partial charge >= 0.3 is 6.18 Å². The zero-order valence-corrected chi connectivity index (χ0v) is 17.5. The van der Waals surface area contributed by atoms with E-state index in [4.69, 9.17) is 4.74 Å². The van der Waals surface area contributed by atoms with E-state index in [1.807, 2.05) is 0 Å². The summed E-state index contributed by atoms with van der Waals surface area (Å²) < 4.78 is 61.2. The zero-order valence-electron chi connectivity index (χ0n) is 17.5. The number of methoxy groups -OCH3 is 1. The van der Waals surface area contributed by atoms with Crippen LogP contribution < -0.4 is 4.74 Å². The summed E-state index contributed by atoms with van der Waals surface area (Å²) in [5.41, 5.74) is -2.86. The summed E-state index contributed by atoms with van der Waals surface area (Å²) in [6, 6.07) is 7.46. The normalized spacial score (nSPS) is 14.9. The first-order valence-electron chi connectivity index (χ1n) is 9.49. The highest BCUT2D eigenvalue weighted by Crippen LogP contribution is 2.44. The molecule has 0 aliphatic rings. The minimum absolute atomic E-state index is 0.159. The van der Waals surface area contributed by atoms with Gasteiger partial charge in [-0.2, -0.15) is 18.3 Å². The maximum absolute atomic E-state index is 14.1. The summed E-state index contributed by atoms with van der Waals surface area (Å²) in [5, 5.41) is 17.9. The molecule has 3 aromatic rings. The lowest BCUT2D eigenvalue weighted by Gasteiger charge is -2.36. The molecule has 166 valence electrons. The van der Waals surface area contributed by atoms with Gasteiger partial charge in [-0.25, -0.2) is 4.39 Å². The Morgan fingerprint density at radius 3 is 2.55 bits per heavy atom. The first kappa shape index (κ1) is 22.7. The highest BCUT2D eigenvalue weighted by atomic mass is 19.4. The number of H-pyrrole nitrogens is 1. The number of nitrogens with zero attached hydrogens (tertiary/aromatic N) is 2.